The second-order valence-corrected chi connectivity index (χ2v) is 6.14. The number of benzene rings is 1. The van der Waals surface area contributed by atoms with Crippen LogP contribution in [-0.2, 0) is 14.8 Å². The Morgan fingerprint density at radius 1 is 1.50 bits per heavy atom. The van der Waals surface area contributed by atoms with Crippen molar-refractivity contribution in [1.82, 2.24) is 0 Å². The number of nitrogens with two attached hydrogens (primary N) is 1. The van der Waals surface area contributed by atoms with Gasteiger partial charge in [-0.15, -0.1) is 0 Å². The van der Waals surface area contributed by atoms with Crippen LogP contribution in [0.4, 0.5) is 11.4 Å². The topological polar surface area (TPSA) is 116 Å². The fourth-order valence-electron chi connectivity index (χ4n) is 2.13. The van der Waals surface area contributed by atoms with E-state index in [0.717, 1.165) is 6.07 Å². The molecule has 0 unspecified atom stereocenters. The molecule has 2 N–H and O–H groups in total. The number of nitrogens with zero attached hydrogens (tertiary/aromatic N) is 2. The molecule has 1 heterocycles. The van der Waals surface area contributed by atoms with Gasteiger partial charge in [0.1, 0.15) is 5.69 Å². The van der Waals surface area contributed by atoms with Crippen molar-refractivity contribution >= 4 is 21.4 Å². The number of morpholine rings is 1. The van der Waals surface area contributed by atoms with Crippen LogP contribution in [-0.4, -0.2) is 39.1 Å². The van der Waals surface area contributed by atoms with Gasteiger partial charge in [0.25, 0.3) is 5.69 Å². The largest absolute Gasteiger partial charge is 0.375 e. The van der Waals surface area contributed by atoms with Crippen LogP contribution in [0, 0.1) is 10.1 Å². The van der Waals surface area contributed by atoms with Gasteiger partial charge in [-0.1, -0.05) is 0 Å². The number of ether oxygens (including phenoxy) is 1. The number of hydrogen-bond donors (Lipinski definition) is 1. The van der Waals surface area contributed by atoms with E-state index in [4.69, 9.17) is 9.88 Å². The number of anilines is 1. The summed E-state index contributed by atoms with van der Waals surface area (Å²) in [4.78, 5) is 12.1. The van der Waals surface area contributed by atoms with Gasteiger partial charge in [-0.2, -0.15) is 0 Å². The Balaban J connectivity index is 2.45. The van der Waals surface area contributed by atoms with E-state index in [2.05, 4.69) is 0 Å². The van der Waals surface area contributed by atoms with E-state index >= 15 is 0 Å². The van der Waals surface area contributed by atoms with Crippen molar-refractivity contribution in [2.75, 3.05) is 24.6 Å². The normalized spacial score (nSPS) is 19.9. The summed E-state index contributed by atoms with van der Waals surface area (Å²) in [5.41, 5.74) is 0.100. The summed E-state index contributed by atoms with van der Waals surface area (Å²) in [6.07, 6.45) is -0.0405. The molecule has 2 rings (SSSR count). The summed E-state index contributed by atoms with van der Waals surface area (Å²) in [5.74, 6) is 0. The van der Waals surface area contributed by atoms with Crippen molar-refractivity contribution in [2.45, 2.75) is 17.9 Å². The summed E-state index contributed by atoms with van der Waals surface area (Å²) >= 11 is 0. The molecule has 0 saturated carbocycles. The van der Waals surface area contributed by atoms with Crippen LogP contribution < -0.4 is 10.0 Å². The Bertz CT molecular complexity index is 631. The number of primary sulfonamides is 1. The Morgan fingerprint density at radius 3 is 2.75 bits per heavy atom. The molecule has 0 aliphatic carbocycles. The lowest BCUT2D eigenvalue weighted by Gasteiger charge is -2.32. The molecule has 0 radical (unpaired) electrons. The van der Waals surface area contributed by atoms with E-state index in [0.29, 0.717) is 25.4 Å². The monoisotopic (exact) mass is 301 g/mol. The quantitative estimate of drug-likeness (QED) is 0.640. The predicted molar refractivity (Wildman–Crippen MR) is 72.1 cm³/mol. The number of sulfonamides is 1. The lowest BCUT2D eigenvalue weighted by molar-refractivity contribution is -0.384. The van der Waals surface area contributed by atoms with Crippen molar-refractivity contribution in [3.63, 3.8) is 0 Å². The molecule has 9 heteroatoms. The first-order valence-electron chi connectivity index (χ1n) is 5.97. The molecule has 1 fully saturated rings. The zero-order valence-electron chi connectivity index (χ0n) is 10.9. The maximum atomic E-state index is 11.3. The molecule has 1 aliphatic heterocycles. The summed E-state index contributed by atoms with van der Waals surface area (Å²) < 4.78 is 27.9. The van der Waals surface area contributed by atoms with Gasteiger partial charge in [0.05, 0.1) is 22.5 Å². The SMILES string of the molecule is C[C@@H]1CN(c2ccc(S(N)(=O)=O)cc2[N+](=O)[O-])CCO1. The van der Waals surface area contributed by atoms with E-state index in [1.165, 1.54) is 12.1 Å². The Hall–Kier alpha value is -1.71. The average Bonchev–Trinajstić information content (AvgIpc) is 2.37. The minimum atomic E-state index is -3.96. The predicted octanol–water partition coefficient (Wildman–Crippen LogP) is 0.467. The highest BCUT2D eigenvalue weighted by Gasteiger charge is 2.25. The fourth-order valence-corrected chi connectivity index (χ4v) is 2.66. The highest BCUT2D eigenvalue weighted by atomic mass is 32.2. The van der Waals surface area contributed by atoms with Gasteiger partial charge in [0, 0.05) is 19.2 Å². The third kappa shape index (κ3) is 3.06. The number of nitro groups is 1. The van der Waals surface area contributed by atoms with Gasteiger partial charge in [0.15, 0.2) is 0 Å². The van der Waals surface area contributed by atoms with Crippen molar-refractivity contribution in [1.29, 1.82) is 0 Å². The first-order valence-corrected chi connectivity index (χ1v) is 7.51. The van der Waals surface area contributed by atoms with Crippen LogP contribution in [0.3, 0.4) is 0 Å². The zero-order valence-corrected chi connectivity index (χ0v) is 11.7. The average molecular weight is 301 g/mol. The molecule has 0 amide bonds. The highest BCUT2D eigenvalue weighted by molar-refractivity contribution is 7.89. The molecule has 0 aromatic heterocycles. The maximum absolute atomic E-state index is 11.3. The minimum absolute atomic E-state index is 0.0405. The van der Waals surface area contributed by atoms with Crippen molar-refractivity contribution in [3.8, 4) is 0 Å². The van der Waals surface area contributed by atoms with Crippen molar-refractivity contribution in [2.24, 2.45) is 5.14 Å². The molecule has 8 nitrogen and oxygen atoms in total. The zero-order chi connectivity index (χ0) is 14.9. The number of nitro benzene ring substituents is 1. The highest BCUT2D eigenvalue weighted by Crippen LogP contribution is 2.31. The van der Waals surface area contributed by atoms with Crippen LogP contribution in [0.5, 0.6) is 0 Å². The summed E-state index contributed by atoms with van der Waals surface area (Å²) in [7, 11) is -3.96. The molecule has 0 spiro atoms. The molecule has 0 bridgehead atoms. The smallest absolute Gasteiger partial charge is 0.293 e. The molecule has 1 saturated heterocycles. The molecular weight excluding hydrogens is 286 g/mol. The summed E-state index contributed by atoms with van der Waals surface area (Å²) in [6.45, 7) is 3.36. The van der Waals surface area contributed by atoms with Crippen LogP contribution in [0.1, 0.15) is 6.92 Å². The van der Waals surface area contributed by atoms with E-state index in [-0.39, 0.29) is 16.7 Å². The van der Waals surface area contributed by atoms with Crippen molar-refractivity contribution < 1.29 is 18.1 Å². The van der Waals surface area contributed by atoms with Crippen LogP contribution in [0.15, 0.2) is 23.1 Å². The second kappa shape index (κ2) is 5.35. The number of rotatable bonds is 3. The van der Waals surface area contributed by atoms with Crippen LogP contribution >= 0.6 is 0 Å². The molecule has 20 heavy (non-hydrogen) atoms. The fraction of sp³-hybridized carbons (Fsp3) is 0.455. The Labute approximate surface area is 116 Å². The maximum Gasteiger partial charge on any atom is 0.293 e. The van der Waals surface area contributed by atoms with E-state index in [9.17, 15) is 18.5 Å². The van der Waals surface area contributed by atoms with Crippen LogP contribution in [0.25, 0.3) is 0 Å². The lowest BCUT2D eigenvalue weighted by Crippen LogP contribution is -2.41. The molecular formula is C11H15N3O5S. The number of hydrogen-bond acceptors (Lipinski definition) is 6. The molecule has 1 atom stereocenters. The third-order valence-electron chi connectivity index (χ3n) is 3.05. The molecule has 110 valence electrons. The van der Waals surface area contributed by atoms with Gasteiger partial charge in [0.2, 0.25) is 10.0 Å². The first-order chi connectivity index (χ1) is 9.29. The summed E-state index contributed by atoms with van der Waals surface area (Å²) in [5, 5.41) is 16.1. The lowest BCUT2D eigenvalue weighted by atomic mass is 10.2. The Morgan fingerprint density at radius 2 is 2.20 bits per heavy atom. The first kappa shape index (κ1) is 14.7. The summed E-state index contributed by atoms with van der Waals surface area (Å²) in [6, 6.07) is 3.68. The van der Waals surface area contributed by atoms with Crippen LogP contribution in [0.2, 0.25) is 0 Å². The van der Waals surface area contributed by atoms with E-state index in [1.54, 1.807) is 4.90 Å². The molecule has 1 aromatic rings. The van der Waals surface area contributed by atoms with Gasteiger partial charge < -0.3 is 9.64 Å². The van der Waals surface area contributed by atoms with Gasteiger partial charge in [-0.05, 0) is 19.1 Å². The Kier molecular flexibility index (Phi) is 3.93. The van der Waals surface area contributed by atoms with Crippen molar-refractivity contribution in [3.05, 3.63) is 28.3 Å². The third-order valence-corrected chi connectivity index (χ3v) is 3.96. The van der Waals surface area contributed by atoms with Gasteiger partial charge in [-0.3, -0.25) is 10.1 Å². The second-order valence-electron chi connectivity index (χ2n) is 4.58. The van der Waals surface area contributed by atoms with E-state index < -0.39 is 14.9 Å². The minimum Gasteiger partial charge on any atom is -0.375 e. The van der Waals surface area contributed by atoms with Gasteiger partial charge >= 0.3 is 0 Å². The van der Waals surface area contributed by atoms with Gasteiger partial charge in [-0.25, -0.2) is 13.6 Å². The molecule has 1 aliphatic rings. The standard InChI is InChI=1S/C11H15N3O5S/c1-8-7-13(4-5-19-8)10-3-2-9(20(12,17)18)6-11(10)14(15)16/h2-3,6,8H,4-5,7H2,1H3,(H2,12,17,18)/t8-/m1/s1. The van der Waals surface area contributed by atoms with E-state index in [1.807, 2.05) is 6.92 Å². The molecule has 1 aromatic carbocycles.